The van der Waals surface area contributed by atoms with Gasteiger partial charge in [-0.15, -0.1) is 0 Å². The Balaban J connectivity index is 2.24. The van der Waals surface area contributed by atoms with Gasteiger partial charge < -0.3 is 10.5 Å². The molecule has 0 aromatic heterocycles. The molecule has 0 saturated heterocycles. The van der Waals surface area contributed by atoms with E-state index in [-0.39, 0.29) is 11.4 Å². The quantitative estimate of drug-likeness (QED) is 0.828. The number of hydrogen-bond donors (Lipinski definition) is 2. The van der Waals surface area contributed by atoms with Crippen molar-refractivity contribution in [2.75, 3.05) is 17.6 Å². The Morgan fingerprint density at radius 2 is 1.95 bits per heavy atom. The van der Waals surface area contributed by atoms with Gasteiger partial charge in [-0.1, -0.05) is 29.8 Å². The Morgan fingerprint density at radius 1 is 1.24 bits per heavy atom. The molecule has 0 amide bonds. The highest BCUT2D eigenvalue weighted by Crippen LogP contribution is 2.28. The summed E-state index contributed by atoms with van der Waals surface area (Å²) in [4.78, 5) is 0. The number of para-hydroxylation sites is 1. The molecule has 0 aliphatic rings. The van der Waals surface area contributed by atoms with Gasteiger partial charge in [0.1, 0.15) is 5.75 Å². The zero-order chi connectivity index (χ0) is 15.5. The zero-order valence-corrected chi connectivity index (χ0v) is 12.9. The topological polar surface area (TPSA) is 81.4 Å². The smallest absolute Gasteiger partial charge is 0.237 e. The van der Waals surface area contributed by atoms with Crippen molar-refractivity contribution in [3.05, 3.63) is 53.1 Å². The predicted molar refractivity (Wildman–Crippen MR) is 85.1 cm³/mol. The minimum atomic E-state index is -3.63. The standard InChI is InChI=1S/C14H15ClN2O3S/c1-20-11-6-7-12(15)14(8-11)17-21(18,19)9-10-4-2-3-5-13(10)16/h2-8,17H,9,16H2,1H3. The third-order valence-electron chi connectivity index (χ3n) is 2.84. The molecule has 0 spiro atoms. The van der Waals surface area contributed by atoms with E-state index in [9.17, 15) is 8.42 Å². The van der Waals surface area contributed by atoms with Crippen LogP contribution in [0.4, 0.5) is 11.4 Å². The lowest BCUT2D eigenvalue weighted by Gasteiger charge is -2.12. The number of rotatable bonds is 5. The SMILES string of the molecule is COc1ccc(Cl)c(NS(=O)(=O)Cc2ccccc2N)c1. The number of hydrogen-bond acceptors (Lipinski definition) is 4. The van der Waals surface area contributed by atoms with Crippen LogP contribution in [-0.4, -0.2) is 15.5 Å². The first-order valence-electron chi connectivity index (χ1n) is 6.09. The molecule has 0 fully saturated rings. The van der Waals surface area contributed by atoms with E-state index >= 15 is 0 Å². The van der Waals surface area contributed by atoms with Gasteiger partial charge in [-0.3, -0.25) is 4.72 Å². The fraction of sp³-hybridized carbons (Fsp3) is 0.143. The molecular formula is C14H15ClN2O3S. The Labute approximate surface area is 128 Å². The van der Waals surface area contributed by atoms with Gasteiger partial charge in [0.25, 0.3) is 0 Å². The van der Waals surface area contributed by atoms with Crippen molar-refractivity contribution in [1.82, 2.24) is 0 Å². The first kappa shape index (κ1) is 15.5. The summed E-state index contributed by atoms with van der Waals surface area (Å²) in [6, 6.07) is 11.5. The molecule has 3 N–H and O–H groups in total. The highest BCUT2D eigenvalue weighted by Gasteiger charge is 2.15. The number of halogens is 1. The summed E-state index contributed by atoms with van der Waals surface area (Å²) in [7, 11) is -2.14. The van der Waals surface area contributed by atoms with Gasteiger partial charge in [-0.05, 0) is 23.8 Å². The van der Waals surface area contributed by atoms with Crippen LogP contribution in [0.1, 0.15) is 5.56 Å². The minimum Gasteiger partial charge on any atom is -0.497 e. The van der Waals surface area contributed by atoms with Gasteiger partial charge in [0.15, 0.2) is 0 Å². The normalized spacial score (nSPS) is 11.1. The Morgan fingerprint density at radius 3 is 2.62 bits per heavy atom. The first-order chi connectivity index (χ1) is 9.91. The van der Waals surface area contributed by atoms with Crippen LogP contribution in [0.15, 0.2) is 42.5 Å². The maximum atomic E-state index is 12.2. The second-order valence-corrected chi connectivity index (χ2v) is 6.54. The van der Waals surface area contributed by atoms with Crippen LogP contribution in [0.2, 0.25) is 5.02 Å². The summed E-state index contributed by atoms with van der Waals surface area (Å²) < 4.78 is 31.9. The molecule has 0 aliphatic carbocycles. The minimum absolute atomic E-state index is 0.229. The van der Waals surface area contributed by atoms with Crippen molar-refractivity contribution in [2.45, 2.75) is 5.75 Å². The average Bonchev–Trinajstić information content (AvgIpc) is 2.43. The summed E-state index contributed by atoms with van der Waals surface area (Å²) in [5.74, 6) is 0.282. The van der Waals surface area contributed by atoms with Crippen molar-refractivity contribution in [3.8, 4) is 5.75 Å². The number of nitrogens with two attached hydrogens (primary N) is 1. The van der Waals surface area contributed by atoms with Gasteiger partial charge in [0, 0.05) is 11.8 Å². The number of benzene rings is 2. The van der Waals surface area contributed by atoms with Gasteiger partial charge in [0.05, 0.1) is 23.6 Å². The monoisotopic (exact) mass is 326 g/mol. The Bertz CT molecular complexity index is 748. The van der Waals surface area contributed by atoms with E-state index in [0.717, 1.165) is 0 Å². The van der Waals surface area contributed by atoms with Crippen LogP contribution < -0.4 is 15.2 Å². The van der Waals surface area contributed by atoms with E-state index in [1.54, 1.807) is 36.4 Å². The van der Waals surface area contributed by atoms with Crippen LogP contribution in [0.25, 0.3) is 0 Å². The number of anilines is 2. The molecule has 0 atom stereocenters. The highest BCUT2D eigenvalue weighted by atomic mass is 35.5. The molecule has 0 aliphatic heterocycles. The van der Waals surface area contributed by atoms with E-state index in [1.807, 2.05) is 0 Å². The summed E-state index contributed by atoms with van der Waals surface area (Å²) in [6.45, 7) is 0. The van der Waals surface area contributed by atoms with Gasteiger partial charge >= 0.3 is 0 Å². The molecule has 112 valence electrons. The Hall–Kier alpha value is -1.92. The second kappa shape index (κ2) is 6.24. The van der Waals surface area contributed by atoms with Crippen molar-refractivity contribution >= 4 is 33.0 Å². The summed E-state index contributed by atoms with van der Waals surface area (Å²) in [6.07, 6.45) is 0. The van der Waals surface area contributed by atoms with E-state index < -0.39 is 10.0 Å². The van der Waals surface area contributed by atoms with Crippen LogP contribution in [0.5, 0.6) is 5.75 Å². The number of sulfonamides is 1. The van der Waals surface area contributed by atoms with Crippen LogP contribution >= 0.6 is 11.6 Å². The van der Waals surface area contributed by atoms with Crippen molar-refractivity contribution in [3.63, 3.8) is 0 Å². The zero-order valence-electron chi connectivity index (χ0n) is 11.3. The number of methoxy groups -OCH3 is 1. The van der Waals surface area contributed by atoms with Gasteiger partial charge in [-0.2, -0.15) is 0 Å². The molecule has 5 nitrogen and oxygen atoms in total. The van der Waals surface area contributed by atoms with E-state index in [4.69, 9.17) is 22.1 Å². The fourth-order valence-electron chi connectivity index (χ4n) is 1.78. The lowest BCUT2D eigenvalue weighted by molar-refractivity contribution is 0.415. The lowest BCUT2D eigenvalue weighted by atomic mass is 10.2. The summed E-state index contributed by atoms with van der Waals surface area (Å²) in [5, 5.41) is 0.292. The van der Waals surface area contributed by atoms with Crippen molar-refractivity contribution in [2.24, 2.45) is 0 Å². The van der Waals surface area contributed by atoms with Crippen LogP contribution in [0.3, 0.4) is 0 Å². The summed E-state index contributed by atoms with van der Waals surface area (Å²) >= 11 is 5.99. The number of ether oxygens (including phenoxy) is 1. The molecule has 2 aromatic carbocycles. The molecule has 0 bridgehead atoms. The maximum absolute atomic E-state index is 12.2. The Kier molecular flexibility index (Phi) is 4.59. The highest BCUT2D eigenvalue weighted by molar-refractivity contribution is 7.91. The third-order valence-corrected chi connectivity index (χ3v) is 4.39. The number of nitrogens with one attached hydrogen (secondary N) is 1. The third kappa shape index (κ3) is 4.03. The molecular weight excluding hydrogens is 312 g/mol. The van der Waals surface area contributed by atoms with Crippen LogP contribution in [-0.2, 0) is 15.8 Å². The van der Waals surface area contributed by atoms with Crippen LogP contribution in [0, 0.1) is 0 Å². The molecule has 0 unspecified atom stereocenters. The summed E-state index contributed by atoms with van der Waals surface area (Å²) in [5.41, 5.74) is 6.99. The van der Waals surface area contributed by atoms with Gasteiger partial charge in [-0.25, -0.2) is 8.42 Å². The molecule has 0 saturated carbocycles. The largest absolute Gasteiger partial charge is 0.497 e. The van der Waals surface area contributed by atoms with E-state index in [2.05, 4.69) is 4.72 Å². The predicted octanol–water partition coefficient (Wildman–Crippen LogP) is 2.87. The molecule has 21 heavy (non-hydrogen) atoms. The molecule has 2 rings (SSSR count). The molecule has 7 heteroatoms. The van der Waals surface area contributed by atoms with Crippen molar-refractivity contribution < 1.29 is 13.2 Å². The molecule has 0 radical (unpaired) electrons. The van der Waals surface area contributed by atoms with Gasteiger partial charge in [0.2, 0.25) is 10.0 Å². The maximum Gasteiger partial charge on any atom is 0.237 e. The number of nitrogen functional groups attached to an aromatic ring is 1. The van der Waals surface area contributed by atoms with E-state index in [1.165, 1.54) is 13.2 Å². The second-order valence-electron chi connectivity index (χ2n) is 4.41. The lowest BCUT2D eigenvalue weighted by Crippen LogP contribution is -2.16. The molecule has 2 aromatic rings. The van der Waals surface area contributed by atoms with Crippen molar-refractivity contribution in [1.29, 1.82) is 0 Å². The molecule has 0 heterocycles. The first-order valence-corrected chi connectivity index (χ1v) is 8.12. The fourth-order valence-corrected chi connectivity index (χ4v) is 3.25. The average molecular weight is 327 g/mol. The van der Waals surface area contributed by atoms with E-state index in [0.29, 0.717) is 22.0 Å².